The molecule has 142 valence electrons. The molecular formula is C22H21N3O2S. The summed E-state index contributed by atoms with van der Waals surface area (Å²) in [6, 6.07) is 16.7. The maximum atomic E-state index is 13.2. The van der Waals surface area contributed by atoms with Gasteiger partial charge in [0.2, 0.25) is 5.91 Å². The predicted octanol–water partition coefficient (Wildman–Crippen LogP) is 4.36. The number of aryl methyl sites for hydroxylation is 1. The van der Waals surface area contributed by atoms with Gasteiger partial charge in [0.05, 0.1) is 21.8 Å². The van der Waals surface area contributed by atoms with Crippen LogP contribution in [0, 0.1) is 6.92 Å². The number of carbonyl (C=O) groups is 1. The van der Waals surface area contributed by atoms with Gasteiger partial charge in [0.25, 0.3) is 5.56 Å². The molecule has 2 unspecified atom stereocenters. The van der Waals surface area contributed by atoms with Gasteiger partial charge in [-0.1, -0.05) is 48.5 Å². The number of hydrogen-bond acceptors (Lipinski definition) is 4. The molecule has 5 nitrogen and oxygen atoms in total. The summed E-state index contributed by atoms with van der Waals surface area (Å²) in [7, 11) is 0. The van der Waals surface area contributed by atoms with Crippen LogP contribution in [0.4, 0.5) is 0 Å². The second-order valence-electron chi connectivity index (χ2n) is 6.95. The van der Waals surface area contributed by atoms with Crippen LogP contribution in [0.5, 0.6) is 0 Å². The Kier molecular flexibility index (Phi) is 4.73. The van der Waals surface area contributed by atoms with Gasteiger partial charge >= 0.3 is 0 Å². The Morgan fingerprint density at radius 2 is 1.75 bits per heavy atom. The second-order valence-corrected chi connectivity index (χ2v) is 8.01. The van der Waals surface area contributed by atoms with Crippen LogP contribution in [-0.4, -0.2) is 15.7 Å². The molecule has 0 spiro atoms. The van der Waals surface area contributed by atoms with E-state index in [2.05, 4.69) is 10.4 Å². The number of fused-ring (bicyclic) bond motifs is 3. The minimum atomic E-state index is -0.708. The summed E-state index contributed by atoms with van der Waals surface area (Å²) in [6.45, 7) is 5.52. The van der Waals surface area contributed by atoms with E-state index in [1.165, 1.54) is 4.68 Å². The van der Waals surface area contributed by atoms with Gasteiger partial charge < -0.3 is 5.32 Å². The number of nitrogens with one attached hydrogen (secondary N) is 1. The first-order valence-electron chi connectivity index (χ1n) is 9.23. The third-order valence-corrected chi connectivity index (χ3v) is 6.29. The average Bonchev–Trinajstić information content (AvgIpc) is 3.11. The smallest absolute Gasteiger partial charge is 0.276 e. The topological polar surface area (TPSA) is 64.0 Å². The Balaban J connectivity index is 1.72. The molecule has 2 aromatic carbocycles. The van der Waals surface area contributed by atoms with E-state index in [0.717, 1.165) is 26.0 Å². The Labute approximate surface area is 166 Å². The fourth-order valence-electron chi connectivity index (χ4n) is 3.41. The highest BCUT2D eigenvalue weighted by Crippen LogP contribution is 2.32. The van der Waals surface area contributed by atoms with Crippen molar-refractivity contribution in [3.05, 3.63) is 76.2 Å². The maximum absolute atomic E-state index is 13.2. The van der Waals surface area contributed by atoms with Crippen molar-refractivity contribution in [2.75, 3.05) is 0 Å². The van der Waals surface area contributed by atoms with Gasteiger partial charge in [-0.25, -0.2) is 4.68 Å². The SMILES string of the molecule is Cc1nn(C(C)C(=O)NC(C)c2ccccc2)c(=O)c2c1sc1ccccc12. The molecule has 2 heterocycles. The summed E-state index contributed by atoms with van der Waals surface area (Å²) in [5, 5.41) is 8.99. The van der Waals surface area contributed by atoms with E-state index in [1.54, 1.807) is 18.3 Å². The van der Waals surface area contributed by atoms with Crippen LogP contribution >= 0.6 is 11.3 Å². The van der Waals surface area contributed by atoms with Crippen molar-refractivity contribution in [3.63, 3.8) is 0 Å². The van der Waals surface area contributed by atoms with Crippen LogP contribution in [0.25, 0.3) is 20.2 Å². The molecule has 2 atom stereocenters. The first-order chi connectivity index (χ1) is 13.5. The first-order valence-corrected chi connectivity index (χ1v) is 10.0. The molecule has 0 aliphatic heterocycles. The quantitative estimate of drug-likeness (QED) is 0.562. The predicted molar refractivity (Wildman–Crippen MR) is 114 cm³/mol. The average molecular weight is 391 g/mol. The molecule has 1 N–H and O–H groups in total. The molecule has 0 aliphatic carbocycles. The Morgan fingerprint density at radius 3 is 2.50 bits per heavy atom. The van der Waals surface area contributed by atoms with Gasteiger partial charge in [0, 0.05) is 10.1 Å². The third kappa shape index (κ3) is 3.10. The summed E-state index contributed by atoms with van der Waals surface area (Å²) in [5.74, 6) is -0.232. The van der Waals surface area contributed by atoms with Crippen molar-refractivity contribution in [3.8, 4) is 0 Å². The second kappa shape index (κ2) is 7.20. The zero-order chi connectivity index (χ0) is 19.8. The van der Waals surface area contributed by atoms with E-state index in [4.69, 9.17) is 0 Å². The van der Waals surface area contributed by atoms with E-state index >= 15 is 0 Å². The molecule has 6 heteroatoms. The number of hydrogen-bond donors (Lipinski definition) is 1. The molecule has 0 bridgehead atoms. The lowest BCUT2D eigenvalue weighted by Gasteiger charge is -2.19. The van der Waals surface area contributed by atoms with Gasteiger partial charge in [0.15, 0.2) is 0 Å². The number of benzene rings is 2. The number of amides is 1. The summed E-state index contributed by atoms with van der Waals surface area (Å²) < 4.78 is 3.24. The molecule has 0 saturated heterocycles. The zero-order valence-electron chi connectivity index (χ0n) is 16.0. The molecule has 0 fully saturated rings. The summed E-state index contributed by atoms with van der Waals surface area (Å²) in [6.07, 6.45) is 0. The van der Waals surface area contributed by atoms with Crippen LogP contribution in [0.2, 0.25) is 0 Å². The monoisotopic (exact) mass is 391 g/mol. The van der Waals surface area contributed by atoms with E-state index in [1.807, 2.05) is 68.4 Å². The van der Waals surface area contributed by atoms with Crippen LogP contribution in [0.3, 0.4) is 0 Å². The Morgan fingerprint density at radius 1 is 1.07 bits per heavy atom. The molecule has 2 aromatic heterocycles. The van der Waals surface area contributed by atoms with Gasteiger partial charge in [-0.15, -0.1) is 11.3 Å². The number of nitrogens with zero attached hydrogens (tertiary/aromatic N) is 2. The number of aromatic nitrogens is 2. The molecule has 1 amide bonds. The van der Waals surface area contributed by atoms with E-state index in [9.17, 15) is 9.59 Å². The zero-order valence-corrected chi connectivity index (χ0v) is 16.8. The summed E-state index contributed by atoms with van der Waals surface area (Å²) in [5.41, 5.74) is 1.54. The number of thiophene rings is 1. The van der Waals surface area contributed by atoms with Crippen LogP contribution in [0.15, 0.2) is 59.4 Å². The maximum Gasteiger partial charge on any atom is 0.276 e. The third-order valence-electron chi connectivity index (χ3n) is 5.01. The number of rotatable bonds is 4. The largest absolute Gasteiger partial charge is 0.348 e. The summed E-state index contributed by atoms with van der Waals surface area (Å²) >= 11 is 1.56. The first kappa shape index (κ1) is 18.4. The van der Waals surface area contributed by atoms with Crippen LogP contribution < -0.4 is 10.9 Å². The normalized spacial score (nSPS) is 13.5. The minimum Gasteiger partial charge on any atom is -0.348 e. The van der Waals surface area contributed by atoms with Gasteiger partial charge in [0.1, 0.15) is 6.04 Å². The molecule has 0 saturated carbocycles. The van der Waals surface area contributed by atoms with Crippen molar-refractivity contribution >= 4 is 37.4 Å². The fourth-order valence-corrected chi connectivity index (χ4v) is 4.55. The fraction of sp³-hybridized carbons (Fsp3) is 0.227. The highest BCUT2D eigenvalue weighted by atomic mass is 32.1. The van der Waals surface area contributed by atoms with Gasteiger partial charge in [-0.05, 0) is 32.4 Å². The lowest BCUT2D eigenvalue weighted by molar-refractivity contribution is -0.124. The molecule has 0 radical (unpaired) electrons. The van der Waals surface area contributed by atoms with Crippen molar-refractivity contribution in [2.24, 2.45) is 0 Å². The number of carbonyl (C=O) groups excluding carboxylic acids is 1. The van der Waals surface area contributed by atoms with Gasteiger partial charge in [-0.2, -0.15) is 5.10 Å². The van der Waals surface area contributed by atoms with Crippen molar-refractivity contribution in [1.29, 1.82) is 0 Å². The Bertz CT molecular complexity index is 1230. The highest BCUT2D eigenvalue weighted by Gasteiger charge is 2.23. The van der Waals surface area contributed by atoms with Crippen LogP contribution in [0.1, 0.15) is 37.2 Å². The van der Waals surface area contributed by atoms with E-state index in [-0.39, 0.29) is 17.5 Å². The molecule has 0 aliphatic rings. The van der Waals surface area contributed by atoms with Crippen molar-refractivity contribution < 1.29 is 4.79 Å². The van der Waals surface area contributed by atoms with Crippen molar-refractivity contribution in [1.82, 2.24) is 15.1 Å². The Hall–Kier alpha value is -2.99. The van der Waals surface area contributed by atoms with Crippen molar-refractivity contribution in [2.45, 2.75) is 32.9 Å². The lowest BCUT2D eigenvalue weighted by Crippen LogP contribution is -2.38. The highest BCUT2D eigenvalue weighted by molar-refractivity contribution is 7.26. The standard InChI is InChI=1S/C22H21N3O2S/c1-13(16-9-5-4-6-10-16)23-21(26)15(3)25-22(27)19-17-11-7-8-12-18(17)28-20(19)14(2)24-25/h4-13,15H,1-3H3,(H,23,26). The molecular weight excluding hydrogens is 370 g/mol. The molecule has 4 rings (SSSR count). The minimum absolute atomic E-state index is 0.154. The summed E-state index contributed by atoms with van der Waals surface area (Å²) in [4.78, 5) is 26.0. The molecule has 28 heavy (non-hydrogen) atoms. The van der Waals surface area contributed by atoms with E-state index < -0.39 is 6.04 Å². The lowest BCUT2D eigenvalue weighted by atomic mass is 10.1. The molecule has 4 aromatic rings. The van der Waals surface area contributed by atoms with Crippen LogP contribution in [-0.2, 0) is 4.79 Å². The van der Waals surface area contributed by atoms with E-state index in [0.29, 0.717) is 5.39 Å². The van der Waals surface area contributed by atoms with Gasteiger partial charge in [-0.3, -0.25) is 9.59 Å².